The number of amides is 2. The van der Waals surface area contributed by atoms with Gasteiger partial charge in [0.1, 0.15) is 18.1 Å². The third kappa shape index (κ3) is 4.00. The molecule has 0 saturated heterocycles. The van der Waals surface area contributed by atoms with Crippen LogP contribution in [0, 0.1) is 6.92 Å². The van der Waals surface area contributed by atoms with Gasteiger partial charge in [-0.15, -0.1) is 0 Å². The maximum Gasteiger partial charge on any atom is 0.258 e. The second-order valence-electron chi connectivity index (χ2n) is 5.86. The van der Waals surface area contributed by atoms with Gasteiger partial charge in [0.2, 0.25) is 5.91 Å². The molecule has 26 heavy (non-hydrogen) atoms. The summed E-state index contributed by atoms with van der Waals surface area (Å²) in [6.45, 7) is 1.92. The summed E-state index contributed by atoms with van der Waals surface area (Å²) >= 11 is 0. The molecule has 1 heterocycles. The van der Waals surface area contributed by atoms with Crippen LogP contribution in [0.25, 0.3) is 11.0 Å². The molecule has 0 spiro atoms. The first-order valence-electron chi connectivity index (χ1n) is 8.19. The van der Waals surface area contributed by atoms with E-state index in [1.807, 2.05) is 31.2 Å². The fraction of sp³-hybridized carbons (Fsp3) is 0.211. The van der Waals surface area contributed by atoms with Gasteiger partial charge >= 0.3 is 0 Å². The van der Waals surface area contributed by atoms with E-state index in [0.29, 0.717) is 0 Å². The quantitative estimate of drug-likeness (QED) is 0.685. The number of hydrazine groups is 1. The van der Waals surface area contributed by atoms with Crippen LogP contribution < -0.4 is 15.6 Å². The van der Waals surface area contributed by atoms with E-state index >= 15 is 0 Å². The predicted octanol–water partition coefficient (Wildman–Crippen LogP) is 1.74. The molecule has 0 aliphatic carbocycles. The van der Waals surface area contributed by atoms with Crippen LogP contribution in [-0.2, 0) is 22.6 Å². The summed E-state index contributed by atoms with van der Waals surface area (Å²) in [5.41, 5.74) is 7.42. The summed E-state index contributed by atoms with van der Waals surface area (Å²) in [5, 5.41) is 0. The van der Waals surface area contributed by atoms with Gasteiger partial charge in [-0.2, -0.15) is 0 Å². The Morgan fingerprint density at radius 3 is 2.46 bits per heavy atom. The predicted molar refractivity (Wildman–Crippen MR) is 97.5 cm³/mol. The van der Waals surface area contributed by atoms with E-state index in [1.54, 1.807) is 35.9 Å². The number of carbonyl (C=O) groups is 2. The lowest BCUT2D eigenvalue weighted by Crippen LogP contribution is -2.43. The van der Waals surface area contributed by atoms with E-state index in [4.69, 9.17) is 4.74 Å². The Morgan fingerprint density at radius 2 is 1.73 bits per heavy atom. The van der Waals surface area contributed by atoms with Crippen LogP contribution in [0.1, 0.15) is 11.4 Å². The molecular weight excluding hydrogens is 332 g/mol. The molecule has 0 aliphatic heterocycles. The van der Waals surface area contributed by atoms with Crippen molar-refractivity contribution in [2.45, 2.75) is 19.9 Å². The SMILES string of the molecule is COc1ccc(CC(=O)NNC(=O)Cn2c(C)nc3ccccc32)cc1. The highest BCUT2D eigenvalue weighted by Gasteiger charge is 2.11. The van der Waals surface area contributed by atoms with Crippen molar-refractivity contribution < 1.29 is 14.3 Å². The first-order valence-corrected chi connectivity index (χ1v) is 8.19. The number of ether oxygens (including phenoxy) is 1. The molecular formula is C19H20N4O3. The number of aryl methyl sites for hydroxylation is 1. The van der Waals surface area contributed by atoms with E-state index in [2.05, 4.69) is 15.8 Å². The second-order valence-corrected chi connectivity index (χ2v) is 5.86. The highest BCUT2D eigenvalue weighted by Crippen LogP contribution is 2.15. The van der Waals surface area contributed by atoms with Gasteiger partial charge in [-0.25, -0.2) is 4.98 Å². The number of nitrogens with one attached hydrogen (secondary N) is 2. The van der Waals surface area contributed by atoms with Crippen LogP contribution in [0.15, 0.2) is 48.5 Å². The summed E-state index contributed by atoms with van der Waals surface area (Å²) < 4.78 is 6.88. The third-order valence-corrected chi connectivity index (χ3v) is 4.01. The Bertz CT molecular complexity index is 932. The van der Waals surface area contributed by atoms with Gasteiger partial charge in [-0.3, -0.25) is 20.4 Å². The molecule has 0 atom stereocenters. The maximum absolute atomic E-state index is 12.2. The van der Waals surface area contributed by atoms with E-state index < -0.39 is 0 Å². The van der Waals surface area contributed by atoms with E-state index in [-0.39, 0.29) is 24.8 Å². The first-order chi connectivity index (χ1) is 12.6. The molecule has 0 fully saturated rings. The Labute approximate surface area is 151 Å². The van der Waals surface area contributed by atoms with Crippen molar-refractivity contribution in [1.29, 1.82) is 0 Å². The number of fused-ring (bicyclic) bond motifs is 1. The maximum atomic E-state index is 12.2. The molecule has 2 N–H and O–H groups in total. The highest BCUT2D eigenvalue weighted by molar-refractivity contribution is 5.84. The summed E-state index contributed by atoms with van der Waals surface area (Å²) in [7, 11) is 1.59. The molecule has 2 aromatic carbocycles. The van der Waals surface area contributed by atoms with Crippen molar-refractivity contribution in [2.75, 3.05) is 7.11 Å². The van der Waals surface area contributed by atoms with Gasteiger partial charge in [-0.1, -0.05) is 24.3 Å². The van der Waals surface area contributed by atoms with E-state index in [0.717, 1.165) is 28.2 Å². The van der Waals surface area contributed by atoms with Crippen molar-refractivity contribution >= 4 is 22.8 Å². The van der Waals surface area contributed by atoms with Crippen LogP contribution in [0.5, 0.6) is 5.75 Å². The number of methoxy groups -OCH3 is 1. The number of benzene rings is 2. The van der Waals surface area contributed by atoms with Crippen molar-refractivity contribution in [3.05, 3.63) is 59.9 Å². The minimum absolute atomic E-state index is 0.0785. The smallest absolute Gasteiger partial charge is 0.258 e. The van der Waals surface area contributed by atoms with E-state index in [1.165, 1.54) is 0 Å². The van der Waals surface area contributed by atoms with Gasteiger partial charge in [0.15, 0.2) is 0 Å². The van der Waals surface area contributed by atoms with Crippen molar-refractivity contribution in [3.63, 3.8) is 0 Å². The first kappa shape index (κ1) is 17.5. The molecule has 0 unspecified atom stereocenters. The number of para-hydroxylation sites is 2. The third-order valence-electron chi connectivity index (χ3n) is 4.01. The second kappa shape index (κ2) is 7.69. The number of carbonyl (C=O) groups excluding carboxylic acids is 2. The summed E-state index contributed by atoms with van der Waals surface area (Å²) in [6, 6.07) is 14.8. The molecule has 3 aromatic rings. The fourth-order valence-corrected chi connectivity index (χ4v) is 2.69. The lowest BCUT2D eigenvalue weighted by Gasteiger charge is -2.10. The Kier molecular flexibility index (Phi) is 5.17. The normalized spacial score (nSPS) is 10.5. The number of rotatable bonds is 5. The summed E-state index contributed by atoms with van der Waals surface area (Å²) in [4.78, 5) is 28.5. The van der Waals surface area contributed by atoms with Crippen LogP contribution in [0.2, 0.25) is 0 Å². The van der Waals surface area contributed by atoms with Gasteiger partial charge < -0.3 is 9.30 Å². The molecule has 0 aliphatic rings. The van der Waals surface area contributed by atoms with Crippen LogP contribution in [0.4, 0.5) is 0 Å². The largest absolute Gasteiger partial charge is 0.497 e. The minimum atomic E-state index is -0.320. The zero-order valence-electron chi connectivity index (χ0n) is 14.7. The molecule has 134 valence electrons. The summed E-state index contributed by atoms with van der Waals surface area (Å²) in [6.07, 6.45) is 0.164. The fourth-order valence-electron chi connectivity index (χ4n) is 2.69. The number of imidazole rings is 1. The topological polar surface area (TPSA) is 85.3 Å². The molecule has 0 saturated carbocycles. The Hall–Kier alpha value is -3.35. The molecule has 1 aromatic heterocycles. The van der Waals surface area contributed by atoms with Crippen molar-refractivity contribution in [3.8, 4) is 5.75 Å². The lowest BCUT2D eigenvalue weighted by molar-refractivity contribution is -0.128. The van der Waals surface area contributed by atoms with Gasteiger partial charge in [0.25, 0.3) is 5.91 Å². The Morgan fingerprint density at radius 1 is 1.04 bits per heavy atom. The highest BCUT2D eigenvalue weighted by atomic mass is 16.5. The number of nitrogens with zero attached hydrogens (tertiary/aromatic N) is 2. The number of hydrogen-bond donors (Lipinski definition) is 2. The minimum Gasteiger partial charge on any atom is -0.497 e. The lowest BCUT2D eigenvalue weighted by atomic mass is 10.1. The zero-order chi connectivity index (χ0) is 18.5. The molecule has 7 nitrogen and oxygen atoms in total. The van der Waals surface area contributed by atoms with E-state index in [9.17, 15) is 9.59 Å². The zero-order valence-corrected chi connectivity index (χ0v) is 14.7. The molecule has 0 bridgehead atoms. The standard InChI is InChI=1S/C19H20N4O3/c1-13-20-16-5-3-4-6-17(16)23(13)12-19(25)22-21-18(24)11-14-7-9-15(26-2)10-8-14/h3-10H,11-12H2,1-2H3,(H,21,24)(H,22,25). The average Bonchev–Trinajstić information content (AvgIpc) is 2.96. The number of aromatic nitrogens is 2. The van der Waals surface area contributed by atoms with Crippen molar-refractivity contribution in [2.24, 2.45) is 0 Å². The average molecular weight is 352 g/mol. The van der Waals surface area contributed by atoms with Gasteiger partial charge in [0.05, 0.1) is 24.6 Å². The molecule has 0 radical (unpaired) electrons. The molecule has 2 amide bonds. The summed E-state index contributed by atoms with van der Waals surface area (Å²) in [5.74, 6) is 0.853. The van der Waals surface area contributed by atoms with Crippen molar-refractivity contribution in [1.82, 2.24) is 20.4 Å². The molecule has 3 rings (SSSR count). The Balaban J connectivity index is 1.54. The van der Waals surface area contributed by atoms with Gasteiger partial charge in [0, 0.05) is 0 Å². The molecule has 7 heteroatoms. The van der Waals surface area contributed by atoms with Crippen LogP contribution in [0.3, 0.4) is 0 Å². The number of hydrogen-bond acceptors (Lipinski definition) is 4. The van der Waals surface area contributed by atoms with Gasteiger partial charge in [-0.05, 0) is 36.8 Å². The van der Waals surface area contributed by atoms with Crippen LogP contribution >= 0.6 is 0 Å². The monoisotopic (exact) mass is 352 g/mol. The van der Waals surface area contributed by atoms with Crippen LogP contribution in [-0.4, -0.2) is 28.5 Å².